The summed E-state index contributed by atoms with van der Waals surface area (Å²) in [4.78, 5) is 0. The summed E-state index contributed by atoms with van der Waals surface area (Å²) in [7, 11) is 0. The van der Waals surface area contributed by atoms with Crippen molar-refractivity contribution >= 4 is 5.69 Å². The quantitative estimate of drug-likeness (QED) is 0.777. The lowest BCUT2D eigenvalue weighted by Gasteiger charge is -2.08. The van der Waals surface area contributed by atoms with Crippen molar-refractivity contribution in [3.8, 4) is 0 Å². The van der Waals surface area contributed by atoms with Gasteiger partial charge < -0.3 is 5.32 Å². The minimum Gasteiger partial charge on any atom is -0.379 e. The molecule has 0 aliphatic carbocycles. The molecule has 6 heteroatoms. The molecule has 0 aromatic heterocycles. The van der Waals surface area contributed by atoms with Crippen LogP contribution in [0, 0.1) is 0 Å². The van der Waals surface area contributed by atoms with Crippen molar-refractivity contribution in [3.05, 3.63) is 29.8 Å². The van der Waals surface area contributed by atoms with Crippen LogP contribution in [-0.4, -0.2) is 13.0 Å². The number of halogens is 5. The molecule has 0 aliphatic heterocycles. The first-order chi connectivity index (χ1) is 6.89. The molecule has 0 heterocycles. The maximum atomic E-state index is 12.1. The molecule has 0 spiro atoms. The predicted octanol–water partition coefficient (Wildman–Crippen LogP) is 3.38. The zero-order valence-electron chi connectivity index (χ0n) is 7.48. The number of anilines is 1. The number of hydrogen-bond donors (Lipinski definition) is 1. The van der Waals surface area contributed by atoms with E-state index in [4.69, 9.17) is 0 Å². The Kier molecular flexibility index (Phi) is 3.49. The Bertz CT molecular complexity index is 303. The third kappa shape index (κ3) is 3.73. The van der Waals surface area contributed by atoms with Crippen molar-refractivity contribution in [3.63, 3.8) is 0 Å². The maximum absolute atomic E-state index is 12.1. The van der Waals surface area contributed by atoms with E-state index in [0.29, 0.717) is 0 Å². The molecule has 1 nitrogen and oxygen atoms in total. The van der Waals surface area contributed by atoms with Crippen LogP contribution in [0.25, 0.3) is 0 Å². The standard InChI is InChI=1S/C9H8F5N/c10-8(11)5-15-7-3-1-6(2-4-7)9(12,13)14/h1-4,8,15H,5H2. The van der Waals surface area contributed by atoms with E-state index in [-0.39, 0.29) is 5.69 Å². The first-order valence-electron chi connectivity index (χ1n) is 4.09. The average Bonchev–Trinajstić information content (AvgIpc) is 2.14. The molecule has 0 atom stereocenters. The third-order valence-electron chi connectivity index (χ3n) is 1.67. The highest BCUT2D eigenvalue weighted by Crippen LogP contribution is 2.29. The van der Waals surface area contributed by atoms with Crippen LogP contribution in [-0.2, 0) is 6.18 Å². The normalized spacial score (nSPS) is 11.9. The largest absolute Gasteiger partial charge is 0.416 e. The Hall–Kier alpha value is -1.33. The van der Waals surface area contributed by atoms with Gasteiger partial charge in [0.15, 0.2) is 0 Å². The van der Waals surface area contributed by atoms with E-state index in [2.05, 4.69) is 5.32 Å². The molecular weight excluding hydrogens is 217 g/mol. The average molecular weight is 225 g/mol. The van der Waals surface area contributed by atoms with Gasteiger partial charge in [0.05, 0.1) is 12.1 Å². The molecule has 0 saturated heterocycles. The first-order valence-corrected chi connectivity index (χ1v) is 4.09. The second-order valence-corrected chi connectivity index (χ2v) is 2.85. The zero-order chi connectivity index (χ0) is 11.5. The van der Waals surface area contributed by atoms with Gasteiger partial charge in [0.2, 0.25) is 0 Å². The van der Waals surface area contributed by atoms with Crippen LogP contribution in [0.1, 0.15) is 5.56 Å². The second-order valence-electron chi connectivity index (χ2n) is 2.85. The maximum Gasteiger partial charge on any atom is 0.416 e. The van der Waals surface area contributed by atoms with Gasteiger partial charge in [0.25, 0.3) is 6.43 Å². The molecule has 1 rings (SSSR count). The van der Waals surface area contributed by atoms with Gasteiger partial charge in [0.1, 0.15) is 0 Å². The SMILES string of the molecule is FC(F)CNc1ccc(C(F)(F)F)cc1. The Labute approximate surface area is 82.9 Å². The summed E-state index contributed by atoms with van der Waals surface area (Å²) >= 11 is 0. The number of rotatable bonds is 3. The fraction of sp³-hybridized carbons (Fsp3) is 0.333. The summed E-state index contributed by atoms with van der Waals surface area (Å²) < 4.78 is 59.8. The number of hydrogen-bond acceptors (Lipinski definition) is 1. The van der Waals surface area contributed by atoms with Gasteiger partial charge in [0, 0.05) is 5.69 Å². The van der Waals surface area contributed by atoms with Gasteiger partial charge >= 0.3 is 6.18 Å². The Morgan fingerprint density at radius 2 is 1.60 bits per heavy atom. The van der Waals surface area contributed by atoms with E-state index in [0.717, 1.165) is 24.3 Å². The van der Waals surface area contributed by atoms with E-state index >= 15 is 0 Å². The summed E-state index contributed by atoms with van der Waals surface area (Å²) in [6, 6.07) is 3.91. The van der Waals surface area contributed by atoms with Crippen LogP contribution in [0.5, 0.6) is 0 Å². The molecule has 15 heavy (non-hydrogen) atoms. The molecule has 0 fully saturated rings. The van der Waals surface area contributed by atoms with Crippen LogP contribution in [0.3, 0.4) is 0 Å². The smallest absolute Gasteiger partial charge is 0.379 e. The molecule has 0 bridgehead atoms. The van der Waals surface area contributed by atoms with Crippen LogP contribution in [0.15, 0.2) is 24.3 Å². The zero-order valence-corrected chi connectivity index (χ0v) is 7.48. The van der Waals surface area contributed by atoms with Gasteiger partial charge in [-0.2, -0.15) is 13.2 Å². The molecule has 0 radical (unpaired) electrons. The minimum absolute atomic E-state index is 0.239. The number of benzene rings is 1. The van der Waals surface area contributed by atoms with E-state index in [1.54, 1.807) is 0 Å². The lowest BCUT2D eigenvalue weighted by molar-refractivity contribution is -0.137. The fourth-order valence-corrected chi connectivity index (χ4v) is 0.972. The molecule has 0 unspecified atom stereocenters. The van der Waals surface area contributed by atoms with E-state index in [9.17, 15) is 22.0 Å². The highest BCUT2D eigenvalue weighted by atomic mass is 19.4. The number of nitrogens with one attached hydrogen (secondary N) is 1. The summed E-state index contributed by atoms with van der Waals surface area (Å²) in [5, 5.41) is 2.31. The fourth-order valence-electron chi connectivity index (χ4n) is 0.972. The number of alkyl halides is 5. The van der Waals surface area contributed by atoms with Crippen molar-refractivity contribution in [2.24, 2.45) is 0 Å². The molecular formula is C9H8F5N. The van der Waals surface area contributed by atoms with Gasteiger partial charge in [-0.15, -0.1) is 0 Å². The topological polar surface area (TPSA) is 12.0 Å². The molecule has 84 valence electrons. The Morgan fingerprint density at radius 3 is 2.00 bits per heavy atom. The van der Waals surface area contributed by atoms with Crippen molar-refractivity contribution in [1.82, 2.24) is 0 Å². The van der Waals surface area contributed by atoms with E-state index in [1.807, 2.05) is 0 Å². The summed E-state index contributed by atoms with van der Waals surface area (Å²) in [5.41, 5.74) is -0.562. The van der Waals surface area contributed by atoms with Crippen molar-refractivity contribution < 1.29 is 22.0 Å². The highest BCUT2D eigenvalue weighted by Gasteiger charge is 2.29. The first kappa shape index (κ1) is 11.7. The second kappa shape index (κ2) is 4.46. The van der Waals surface area contributed by atoms with Crippen molar-refractivity contribution in [2.75, 3.05) is 11.9 Å². The van der Waals surface area contributed by atoms with Gasteiger partial charge in [-0.1, -0.05) is 0 Å². The van der Waals surface area contributed by atoms with Gasteiger partial charge in [-0.25, -0.2) is 8.78 Å². The van der Waals surface area contributed by atoms with Crippen LogP contribution in [0.2, 0.25) is 0 Å². The minimum atomic E-state index is -4.40. The summed E-state index contributed by atoms with van der Waals surface area (Å²) in [6.45, 7) is -0.578. The molecule has 0 saturated carbocycles. The lowest BCUT2D eigenvalue weighted by Crippen LogP contribution is -2.10. The van der Waals surface area contributed by atoms with Gasteiger partial charge in [-0.05, 0) is 24.3 Å². The van der Waals surface area contributed by atoms with Crippen molar-refractivity contribution in [1.29, 1.82) is 0 Å². The monoisotopic (exact) mass is 225 g/mol. The Balaban J connectivity index is 2.65. The molecule has 1 aromatic rings. The predicted molar refractivity (Wildman–Crippen MR) is 45.9 cm³/mol. The van der Waals surface area contributed by atoms with Gasteiger partial charge in [-0.3, -0.25) is 0 Å². The van der Waals surface area contributed by atoms with Crippen LogP contribution in [0.4, 0.5) is 27.6 Å². The molecule has 1 N–H and O–H groups in total. The third-order valence-corrected chi connectivity index (χ3v) is 1.67. The van der Waals surface area contributed by atoms with E-state index < -0.39 is 24.7 Å². The van der Waals surface area contributed by atoms with Crippen LogP contribution >= 0.6 is 0 Å². The summed E-state index contributed by atoms with van der Waals surface area (Å²) in [5.74, 6) is 0. The molecule has 0 aliphatic rings. The highest BCUT2D eigenvalue weighted by molar-refractivity contribution is 5.45. The van der Waals surface area contributed by atoms with Crippen molar-refractivity contribution in [2.45, 2.75) is 12.6 Å². The lowest BCUT2D eigenvalue weighted by atomic mass is 10.2. The Morgan fingerprint density at radius 1 is 1.07 bits per heavy atom. The van der Waals surface area contributed by atoms with E-state index in [1.165, 1.54) is 0 Å². The summed E-state index contributed by atoms with van der Waals surface area (Å²) in [6.07, 6.45) is -6.94. The van der Waals surface area contributed by atoms with Crippen LogP contribution < -0.4 is 5.32 Å². The molecule has 1 aromatic carbocycles. The molecule has 0 amide bonds.